The number of benzene rings is 1. The number of pyridine rings is 1. The zero-order chi connectivity index (χ0) is 24.0. The van der Waals surface area contributed by atoms with E-state index in [0.29, 0.717) is 30.2 Å². The molecule has 0 spiro atoms. The van der Waals surface area contributed by atoms with E-state index in [1.165, 1.54) is 23.1 Å². The summed E-state index contributed by atoms with van der Waals surface area (Å²) in [6.07, 6.45) is 0.369. The van der Waals surface area contributed by atoms with Crippen LogP contribution in [0.15, 0.2) is 30.6 Å². The monoisotopic (exact) mass is 489 g/mol. The summed E-state index contributed by atoms with van der Waals surface area (Å²) < 4.78 is 48.4. The van der Waals surface area contributed by atoms with E-state index in [1.807, 2.05) is 0 Å². The molecular formula is C23H19ClF3N5O2. The molecule has 0 unspecified atom stereocenters. The molecule has 176 valence electrons. The molecule has 1 saturated carbocycles. The second-order valence-electron chi connectivity index (χ2n) is 8.51. The van der Waals surface area contributed by atoms with E-state index in [0.717, 1.165) is 12.8 Å². The van der Waals surface area contributed by atoms with Gasteiger partial charge in [0.1, 0.15) is 12.0 Å². The van der Waals surface area contributed by atoms with Crippen molar-refractivity contribution in [3.63, 3.8) is 0 Å². The Balaban J connectivity index is 1.52. The van der Waals surface area contributed by atoms with E-state index in [-0.39, 0.29) is 39.7 Å². The lowest BCUT2D eigenvalue weighted by Gasteiger charge is -2.22. The Morgan fingerprint density at radius 1 is 1.29 bits per heavy atom. The van der Waals surface area contributed by atoms with Gasteiger partial charge in [-0.25, -0.2) is 9.67 Å². The molecule has 3 heterocycles. The molecule has 11 heteroatoms. The zero-order valence-electron chi connectivity index (χ0n) is 17.8. The zero-order valence-corrected chi connectivity index (χ0v) is 18.5. The Morgan fingerprint density at radius 2 is 2.12 bits per heavy atom. The number of carbonyl (C=O) groups excluding carboxylic acids is 1. The van der Waals surface area contributed by atoms with Crippen LogP contribution in [-0.2, 0) is 15.7 Å². The first-order valence-corrected chi connectivity index (χ1v) is 11.2. The van der Waals surface area contributed by atoms with Crippen molar-refractivity contribution in [2.45, 2.75) is 38.1 Å². The first-order chi connectivity index (χ1) is 16.2. The highest BCUT2D eigenvalue weighted by Gasteiger charge is 2.43. The number of carbonyl (C=O) groups is 1. The van der Waals surface area contributed by atoms with Gasteiger partial charge < -0.3 is 10.1 Å². The summed E-state index contributed by atoms with van der Waals surface area (Å²) in [5, 5.41) is 16.7. The van der Waals surface area contributed by atoms with Gasteiger partial charge in [-0.3, -0.25) is 4.79 Å². The van der Waals surface area contributed by atoms with Gasteiger partial charge in [-0.05, 0) is 54.8 Å². The van der Waals surface area contributed by atoms with Crippen molar-refractivity contribution in [2.75, 3.05) is 11.9 Å². The number of hydrogen-bond donors (Lipinski definition) is 1. The van der Waals surface area contributed by atoms with Gasteiger partial charge in [0.2, 0.25) is 5.91 Å². The number of anilines is 1. The summed E-state index contributed by atoms with van der Waals surface area (Å²) >= 11 is 6.39. The van der Waals surface area contributed by atoms with E-state index < -0.39 is 18.1 Å². The van der Waals surface area contributed by atoms with Gasteiger partial charge in [0, 0.05) is 30.0 Å². The second-order valence-corrected chi connectivity index (χ2v) is 8.91. The molecule has 2 fully saturated rings. The van der Waals surface area contributed by atoms with E-state index in [9.17, 15) is 18.0 Å². The normalized spacial score (nSPS) is 22.4. The summed E-state index contributed by atoms with van der Waals surface area (Å²) in [6.45, 7) is 0.473. The van der Waals surface area contributed by atoms with Crippen LogP contribution in [0.4, 0.5) is 19.0 Å². The number of nitrogens with zero attached hydrogens (tertiary/aromatic N) is 4. The molecule has 7 nitrogen and oxygen atoms in total. The number of halogens is 4. The molecular weight excluding hydrogens is 471 g/mol. The van der Waals surface area contributed by atoms with Gasteiger partial charge in [-0.2, -0.15) is 23.5 Å². The molecule has 1 saturated heterocycles. The van der Waals surface area contributed by atoms with Crippen LogP contribution >= 0.6 is 11.6 Å². The molecule has 1 amide bonds. The standard InChI is InChI=1S/C23H19ClF3N5O2/c24-18-7-12(17-11-32(20-3-1-2-4-34-20)31-21(17)23(25,26)27)5-13-8-19(29-10-16(13)18)30-22(33)15-6-14(15)9-28/h5,7-8,10-11,14-15,20H,1-4,6H2,(H,29,30,33)/t14-,15+,20+/m0/s1. The summed E-state index contributed by atoms with van der Waals surface area (Å²) in [7, 11) is 0. The van der Waals surface area contributed by atoms with Crippen LogP contribution in [0, 0.1) is 23.2 Å². The van der Waals surface area contributed by atoms with Crippen LogP contribution in [-0.4, -0.2) is 27.3 Å². The molecule has 3 aromatic rings. The summed E-state index contributed by atoms with van der Waals surface area (Å²) in [6, 6.07) is 6.61. The third-order valence-electron chi connectivity index (χ3n) is 6.09. The first kappa shape index (κ1) is 22.6. The molecule has 3 atom stereocenters. The lowest BCUT2D eigenvalue weighted by atomic mass is 10.0. The Bertz CT molecular complexity index is 1310. The number of nitriles is 1. The maximum Gasteiger partial charge on any atom is 0.435 e. The fourth-order valence-corrected chi connectivity index (χ4v) is 4.45. The van der Waals surface area contributed by atoms with Gasteiger partial charge in [0.25, 0.3) is 0 Å². The van der Waals surface area contributed by atoms with Gasteiger partial charge in [0.05, 0.1) is 22.9 Å². The smallest absolute Gasteiger partial charge is 0.357 e. The first-order valence-electron chi connectivity index (χ1n) is 10.8. The molecule has 2 aromatic heterocycles. The van der Waals surface area contributed by atoms with Gasteiger partial charge >= 0.3 is 6.18 Å². The van der Waals surface area contributed by atoms with E-state index in [4.69, 9.17) is 21.6 Å². The van der Waals surface area contributed by atoms with Crippen LogP contribution in [0.3, 0.4) is 0 Å². The molecule has 5 rings (SSSR count). The summed E-state index contributed by atoms with van der Waals surface area (Å²) in [5.74, 6) is -0.753. The van der Waals surface area contributed by atoms with Crippen LogP contribution < -0.4 is 5.32 Å². The van der Waals surface area contributed by atoms with Crippen LogP contribution in [0.5, 0.6) is 0 Å². The number of aromatic nitrogens is 3. The number of nitrogens with one attached hydrogen (secondary N) is 1. The number of fused-ring (bicyclic) bond motifs is 1. The highest BCUT2D eigenvalue weighted by Crippen LogP contribution is 2.41. The highest BCUT2D eigenvalue weighted by atomic mass is 35.5. The van der Waals surface area contributed by atoms with Crippen molar-refractivity contribution in [1.29, 1.82) is 5.26 Å². The number of ether oxygens (including phenoxy) is 1. The number of amides is 1. The van der Waals surface area contributed by atoms with Crippen molar-refractivity contribution in [2.24, 2.45) is 11.8 Å². The fraction of sp³-hybridized carbons (Fsp3) is 0.391. The fourth-order valence-electron chi connectivity index (χ4n) is 4.18. The third kappa shape index (κ3) is 4.33. The van der Waals surface area contributed by atoms with Crippen molar-refractivity contribution < 1.29 is 22.7 Å². The number of hydrogen-bond acceptors (Lipinski definition) is 5. The molecule has 1 aliphatic carbocycles. The summed E-state index contributed by atoms with van der Waals surface area (Å²) in [4.78, 5) is 16.4. The Morgan fingerprint density at radius 3 is 2.79 bits per heavy atom. The molecule has 0 bridgehead atoms. The highest BCUT2D eigenvalue weighted by molar-refractivity contribution is 6.36. The molecule has 1 N–H and O–H groups in total. The molecule has 0 radical (unpaired) electrons. The lowest BCUT2D eigenvalue weighted by Crippen LogP contribution is -2.19. The predicted octanol–water partition coefficient (Wildman–Crippen LogP) is 5.57. The average Bonchev–Trinajstić information content (AvgIpc) is 3.46. The second kappa shape index (κ2) is 8.56. The van der Waals surface area contributed by atoms with Crippen molar-refractivity contribution >= 4 is 34.1 Å². The van der Waals surface area contributed by atoms with E-state index >= 15 is 0 Å². The number of rotatable bonds is 4. The van der Waals surface area contributed by atoms with Gasteiger partial charge in [-0.15, -0.1) is 0 Å². The Hall–Kier alpha value is -3.16. The van der Waals surface area contributed by atoms with Crippen LogP contribution in [0.25, 0.3) is 21.9 Å². The maximum atomic E-state index is 13.8. The minimum atomic E-state index is -4.67. The average molecular weight is 490 g/mol. The van der Waals surface area contributed by atoms with Crippen LogP contribution in [0.2, 0.25) is 5.02 Å². The Labute approximate surface area is 197 Å². The minimum absolute atomic E-state index is 0.109. The molecule has 1 aromatic carbocycles. The van der Waals surface area contributed by atoms with Crippen molar-refractivity contribution in [3.8, 4) is 17.2 Å². The van der Waals surface area contributed by atoms with Crippen molar-refractivity contribution in [1.82, 2.24) is 14.8 Å². The number of alkyl halides is 3. The molecule has 1 aliphatic heterocycles. The lowest BCUT2D eigenvalue weighted by molar-refractivity contribution is -0.141. The largest absolute Gasteiger partial charge is 0.435 e. The predicted molar refractivity (Wildman–Crippen MR) is 118 cm³/mol. The maximum absolute atomic E-state index is 13.8. The van der Waals surface area contributed by atoms with Gasteiger partial charge in [-0.1, -0.05) is 11.6 Å². The van der Waals surface area contributed by atoms with E-state index in [2.05, 4.69) is 21.5 Å². The van der Waals surface area contributed by atoms with Crippen molar-refractivity contribution in [3.05, 3.63) is 41.3 Å². The quantitative estimate of drug-likeness (QED) is 0.517. The molecule has 34 heavy (non-hydrogen) atoms. The van der Waals surface area contributed by atoms with Crippen LogP contribution in [0.1, 0.15) is 37.6 Å². The van der Waals surface area contributed by atoms with Gasteiger partial charge in [0.15, 0.2) is 5.69 Å². The topological polar surface area (TPSA) is 92.8 Å². The Kier molecular flexibility index (Phi) is 5.70. The van der Waals surface area contributed by atoms with E-state index in [1.54, 1.807) is 12.1 Å². The SMILES string of the molecule is N#C[C@@H]1C[C@H]1C(=O)Nc1cc2cc(-c3cn([C@H]4CCCCO4)nc3C(F)(F)F)cc(Cl)c2cn1. The minimum Gasteiger partial charge on any atom is -0.357 e. The summed E-state index contributed by atoms with van der Waals surface area (Å²) in [5.41, 5.74) is -0.888. The third-order valence-corrected chi connectivity index (χ3v) is 6.41. The molecule has 2 aliphatic rings.